The average molecular weight is 249 g/mol. The zero-order valence-corrected chi connectivity index (χ0v) is 11.2. The first-order valence-electron chi connectivity index (χ1n) is 5.71. The summed E-state index contributed by atoms with van der Waals surface area (Å²) in [6.45, 7) is 4.59. The van der Waals surface area contributed by atoms with E-state index < -0.39 is 5.97 Å². The highest BCUT2D eigenvalue weighted by Crippen LogP contribution is 2.30. The molecular formula is C14H19NO3. The largest absolute Gasteiger partial charge is 0.495 e. The lowest BCUT2D eigenvalue weighted by Crippen LogP contribution is -2.18. The van der Waals surface area contributed by atoms with Crippen LogP contribution in [0.3, 0.4) is 0 Å². The number of carbonyl (C=O) groups is 1. The molecule has 0 heterocycles. The molecular weight excluding hydrogens is 230 g/mol. The van der Waals surface area contributed by atoms with Gasteiger partial charge in [0.25, 0.3) is 0 Å². The Balaban J connectivity index is 2.94. The van der Waals surface area contributed by atoms with E-state index in [1.807, 2.05) is 37.9 Å². The van der Waals surface area contributed by atoms with Crippen molar-refractivity contribution in [1.29, 1.82) is 0 Å². The molecule has 98 valence electrons. The van der Waals surface area contributed by atoms with Crippen LogP contribution in [0, 0.1) is 13.8 Å². The molecule has 0 amide bonds. The van der Waals surface area contributed by atoms with E-state index in [1.54, 1.807) is 13.2 Å². The van der Waals surface area contributed by atoms with Crippen LogP contribution in [-0.4, -0.2) is 31.8 Å². The number of benzene rings is 1. The first-order chi connectivity index (χ1) is 8.45. The van der Waals surface area contributed by atoms with E-state index in [4.69, 9.17) is 9.84 Å². The minimum Gasteiger partial charge on any atom is -0.495 e. The van der Waals surface area contributed by atoms with E-state index >= 15 is 0 Å². The Hall–Kier alpha value is -1.97. The van der Waals surface area contributed by atoms with E-state index in [0.717, 1.165) is 17.5 Å². The fourth-order valence-corrected chi connectivity index (χ4v) is 1.65. The minimum absolute atomic E-state index is 0.519. The first-order valence-corrected chi connectivity index (χ1v) is 5.71. The lowest BCUT2D eigenvalue weighted by atomic mass is 10.1. The summed E-state index contributed by atoms with van der Waals surface area (Å²) < 4.78 is 5.35. The topological polar surface area (TPSA) is 49.8 Å². The molecule has 0 spiro atoms. The molecule has 1 aromatic carbocycles. The Labute approximate surface area is 107 Å². The van der Waals surface area contributed by atoms with Crippen LogP contribution in [0.2, 0.25) is 0 Å². The first kappa shape index (κ1) is 14.1. The van der Waals surface area contributed by atoms with Crippen molar-refractivity contribution in [2.75, 3.05) is 25.6 Å². The van der Waals surface area contributed by atoms with Gasteiger partial charge in [0.05, 0.1) is 12.8 Å². The molecule has 0 aliphatic heterocycles. The number of rotatable bonds is 5. The molecule has 4 heteroatoms. The number of aliphatic carboxylic acids is 1. The van der Waals surface area contributed by atoms with E-state index in [1.165, 1.54) is 11.1 Å². The quantitative estimate of drug-likeness (QED) is 0.814. The molecule has 0 unspecified atom stereocenters. The average Bonchev–Trinajstić information content (AvgIpc) is 2.31. The van der Waals surface area contributed by atoms with Gasteiger partial charge in [0.15, 0.2) is 0 Å². The van der Waals surface area contributed by atoms with Crippen LogP contribution < -0.4 is 9.64 Å². The molecule has 18 heavy (non-hydrogen) atoms. The Morgan fingerprint density at radius 2 is 2.00 bits per heavy atom. The van der Waals surface area contributed by atoms with Gasteiger partial charge in [-0.3, -0.25) is 0 Å². The number of ether oxygens (including phenoxy) is 1. The number of nitrogens with zero attached hydrogens (tertiary/aromatic N) is 1. The van der Waals surface area contributed by atoms with Crippen LogP contribution in [0.15, 0.2) is 24.3 Å². The molecule has 1 aromatic rings. The number of hydrogen-bond donors (Lipinski definition) is 1. The number of aryl methyl sites for hydroxylation is 2. The maximum Gasteiger partial charge on any atom is 0.328 e. The van der Waals surface area contributed by atoms with E-state index in [2.05, 4.69) is 0 Å². The highest BCUT2D eigenvalue weighted by atomic mass is 16.5. The lowest BCUT2D eigenvalue weighted by Gasteiger charge is -2.21. The van der Waals surface area contributed by atoms with Gasteiger partial charge in [0.1, 0.15) is 5.75 Å². The van der Waals surface area contributed by atoms with Gasteiger partial charge in [-0.05, 0) is 37.1 Å². The predicted molar refractivity (Wildman–Crippen MR) is 72.5 cm³/mol. The number of hydrogen-bond acceptors (Lipinski definition) is 3. The maximum atomic E-state index is 10.4. The van der Waals surface area contributed by atoms with Gasteiger partial charge in [-0.25, -0.2) is 4.79 Å². The van der Waals surface area contributed by atoms with Crippen molar-refractivity contribution >= 4 is 11.7 Å². The molecule has 0 radical (unpaired) electrons. The van der Waals surface area contributed by atoms with Gasteiger partial charge in [0, 0.05) is 19.7 Å². The van der Waals surface area contributed by atoms with E-state index in [9.17, 15) is 4.79 Å². The predicted octanol–water partition coefficient (Wildman–Crippen LogP) is 2.39. The molecule has 0 aliphatic carbocycles. The Morgan fingerprint density at radius 3 is 2.56 bits per heavy atom. The fraction of sp³-hybridized carbons (Fsp3) is 0.357. The van der Waals surface area contributed by atoms with Gasteiger partial charge in [-0.2, -0.15) is 0 Å². The number of likely N-dealkylation sites (N-methyl/N-ethyl adjacent to an activating group) is 1. The zero-order chi connectivity index (χ0) is 13.7. The molecule has 0 saturated carbocycles. The van der Waals surface area contributed by atoms with Crippen molar-refractivity contribution in [3.63, 3.8) is 0 Å². The highest BCUT2D eigenvalue weighted by Gasteiger charge is 2.09. The third kappa shape index (κ3) is 3.52. The second-order valence-electron chi connectivity index (χ2n) is 4.23. The van der Waals surface area contributed by atoms with E-state index in [0.29, 0.717) is 6.54 Å². The van der Waals surface area contributed by atoms with Gasteiger partial charge < -0.3 is 14.7 Å². The van der Waals surface area contributed by atoms with Crippen LogP contribution in [0.4, 0.5) is 5.69 Å². The van der Waals surface area contributed by atoms with Crippen molar-refractivity contribution in [3.05, 3.63) is 35.4 Å². The summed E-state index contributed by atoms with van der Waals surface area (Å²) >= 11 is 0. The van der Waals surface area contributed by atoms with Crippen molar-refractivity contribution < 1.29 is 14.6 Å². The zero-order valence-electron chi connectivity index (χ0n) is 11.2. The monoisotopic (exact) mass is 249 g/mol. The lowest BCUT2D eigenvalue weighted by molar-refractivity contribution is -0.131. The van der Waals surface area contributed by atoms with Gasteiger partial charge in [-0.1, -0.05) is 6.08 Å². The molecule has 0 aromatic heterocycles. The van der Waals surface area contributed by atoms with Crippen molar-refractivity contribution in [2.45, 2.75) is 13.8 Å². The fourth-order valence-electron chi connectivity index (χ4n) is 1.65. The molecule has 1 rings (SSSR count). The smallest absolute Gasteiger partial charge is 0.328 e. The Bertz CT molecular complexity index is 466. The molecule has 4 nitrogen and oxygen atoms in total. The van der Waals surface area contributed by atoms with Crippen LogP contribution in [0.5, 0.6) is 5.75 Å². The summed E-state index contributed by atoms with van der Waals surface area (Å²) in [5.74, 6) is -0.139. The van der Waals surface area contributed by atoms with Crippen molar-refractivity contribution in [3.8, 4) is 5.75 Å². The van der Waals surface area contributed by atoms with Gasteiger partial charge in [-0.15, -0.1) is 0 Å². The number of anilines is 1. The van der Waals surface area contributed by atoms with Crippen LogP contribution >= 0.6 is 0 Å². The third-order valence-electron chi connectivity index (χ3n) is 2.85. The number of carboxylic acids is 1. The molecule has 0 saturated heterocycles. The van der Waals surface area contributed by atoms with Crippen LogP contribution in [0.25, 0.3) is 0 Å². The Morgan fingerprint density at radius 1 is 1.39 bits per heavy atom. The second-order valence-corrected chi connectivity index (χ2v) is 4.23. The Kier molecular flexibility index (Phi) is 4.77. The van der Waals surface area contributed by atoms with Crippen molar-refractivity contribution in [2.24, 2.45) is 0 Å². The summed E-state index contributed by atoms with van der Waals surface area (Å²) in [6, 6.07) is 4.03. The number of carboxylic acid groups (broad SMARTS) is 1. The minimum atomic E-state index is -0.935. The summed E-state index contributed by atoms with van der Waals surface area (Å²) in [7, 11) is 3.54. The summed E-state index contributed by atoms with van der Waals surface area (Å²) in [5.41, 5.74) is 3.31. The second kappa shape index (κ2) is 6.10. The van der Waals surface area contributed by atoms with Crippen LogP contribution in [-0.2, 0) is 4.79 Å². The molecule has 1 N–H and O–H groups in total. The third-order valence-corrected chi connectivity index (χ3v) is 2.85. The molecule has 0 aliphatic rings. The van der Waals surface area contributed by atoms with Crippen molar-refractivity contribution in [1.82, 2.24) is 0 Å². The SMILES string of the molecule is COc1cc(C)c(C)cc1N(C)C/C=C/C(=O)O. The summed E-state index contributed by atoms with van der Waals surface area (Å²) in [6.07, 6.45) is 2.75. The molecule has 0 bridgehead atoms. The standard InChI is InChI=1S/C14H19NO3/c1-10-8-12(13(18-4)9-11(10)2)15(3)7-5-6-14(16)17/h5-6,8-9H,7H2,1-4H3,(H,16,17)/b6-5+. The van der Waals surface area contributed by atoms with E-state index in [-0.39, 0.29) is 0 Å². The number of methoxy groups -OCH3 is 1. The van der Waals surface area contributed by atoms with Gasteiger partial charge >= 0.3 is 5.97 Å². The summed E-state index contributed by atoms with van der Waals surface area (Å²) in [5, 5.41) is 8.55. The van der Waals surface area contributed by atoms with Gasteiger partial charge in [0.2, 0.25) is 0 Å². The molecule has 0 fully saturated rings. The highest BCUT2D eigenvalue weighted by molar-refractivity contribution is 5.79. The summed E-state index contributed by atoms with van der Waals surface area (Å²) in [4.78, 5) is 12.4. The molecule has 0 atom stereocenters. The normalized spacial score (nSPS) is 10.7. The maximum absolute atomic E-state index is 10.4. The van der Waals surface area contributed by atoms with Crippen LogP contribution in [0.1, 0.15) is 11.1 Å².